The van der Waals surface area contributed by atoms with Gasteiger partial charge in [-0.25, -0.2) is 0 Å². The van der Waals surface area contributed by atoms with Crippen LogP contribution in [0.4, 0.5) is 0 Å². The standard InChI is InChI=1S/C19H20N2OS/c1-12-8-9-15(10-14(12)3)11-17(22)20-19-21(4)18-13(2)6-5-7-16(18)23-19/h5-10H,11H2,1-4H3. The van der Waals surface area contributed by atoms with Crippen molar-refractivity contribution < 1.29 is 4.79 Å². The number of carbonyl (C=O) groups is 1. The van der Waals surface area contributed by atoms with Gasteiger partial charge in [0.1, 0.15) is 0 Å². The monoisotopic (exact) mass is 324 g/mol. The van der Waals surface area contributed by atoms with E-state index in [9.17, 15) is 4.79 Å². The van der Waals surface area contributed by atoms with Gasteiger partial charge in [0.2, 0.25) is 0 Å². The molecular formula is C19H20N2OS. The number of rotatable bonds is 2. The van der Waals surface area contributed by atoms with Gasteiger partial charge in [0.15, 0.2) is 4.80 Å². The Bertz CT molecular complexity index is 963. The van der Waals surface area contributed by atoms with Crippen molar-refractivity contribution in [3.05, 3.63) is 63.5 Å². The number of amides is 1. The number of hydrogen-bond acceptors (Lipinski definition) is 2. The van der Waals surface area contributed by atoms with Crippen molar-refractivity contribution in [2.24, 2.45) is 12.0 Å². The van der Waals surface area contributed by atoms with E-state index < -0.39 is 0 Å². The average molecular weight is 324 g/mol. The van der Waals surface area contributed by atoms with Crippen LogP contribution in [0.3, 0.4) is 0 Å². The maximum absolute atomic E-state index is 12.3. The number of nitrogens with zero attached hydrogens (tertiary/aromatic N) is 2. The van der Waals surface area contributed by atoms with Crippen molar-refractivity contribution in [3.63, 3.8) is 0 Å². The maximum atomic E-state index is 12.3. The normalized spacial score (nSPS) is 12.1. The van der Waals surface area contributed by atoms with E-state index in [1.54, 1.807) is 11.3 Å². The van der Waals surface area contributed by atoms with Crippen molar-refractivity contribution in [1.29, 1.82) is 0 Å². The van der Waals surface area contributed by atoms with Gasteiger partial charge >= 0.3 is 0 Å². The van der Waals surface area contributed by atoms with Crippen LogP contribution in [0.5, 0.6) is 0 Å². The quantitative estimate of drug-likeness (QED) is 0.705. The Labute approximate surface area is 139 Å². The summed E-state index contributed by atoms with van der Waals surface area (Å²) in [5, 5.41) is 0. The highest BCUT2D eigenvalue weighted by atomic mass is 32.1. The molecule has 0 atom stereocenters. The number of benzene rings is 2. The van der Waals surface area contributed by atoms with Gasteiger partial charge in [-0.05, 0) is 49.1 Å². The molecule has 0 radical (unpaired) electrons. The molecule has 0 bridgehead atoms. The lowest BCUT2D eigenvalue weighted by Gasteiger charge is -2.03. The first-order chi connectivity index (χ1) is 11.0. The summed E-state index contributed by atoms with van der Waals surface area (Å²) in [5.74, 6) is -0.104. The van der Waals surface area contributed by atoms with E-state index in [0.717, 1.165) is 20.6 Å². The maximum Gasteiger partial charge on any atom is 0.252 e. The molecule has 3 rings (SSSR count). The highest BCUT2D eigenvalue weighted by molar-refractivity contribution is 7.16. The molecule has 0 aliphatic carbocycles. The molecule has 0 saturated carbocycles. The molecular weight excluding hydrogens is 304 g/mol. The Morgan fingerprint density at radius 1 is 1.09 bits per heavy atom. The van der Waals surface area contributed by atoms with E-state index in [0.29, 0.717) is 6.42 Å². The first kappa shape index (κ1) is 15.7. The lowest BCUT2D eigenvalue weighted by molar-refractivity contribution is -0.117. The van der Waals surface area contributed by atoms with Crippen LogP contribution in [0, 0.1) is 20.8 Å². The Hall–Kier alpha value is -2.20. The van der Waals surface area contributed by atoms with E-state index >= 15 is 0 Å². The van der Waals surface area contributed by atoms with E-state index in [4.69, 9.17) is 0 Å². The fourth-order valence-corrected chi connectivity index (χ4v) is 3.85. The minimum atomic E-state index is -0.104. The van der Waals surface area contributed by atoms with Crippen LogP contribution in [0.2, 0.25) is 0 Å². The summed E-state index contributed by atoms with van der Waals surface area (Å²) < 4.78 is 3.17. The zero-order valence-corrected chi connectivity index (χ0v) is 14.7. The molecule has 1 amide bonds. The zero-order chi connectivity index (χ0) is 16.6. The van der Waals surface area contributed by atoms with Crippen molar-refractivity contribution >= 4 is 27.5 Å². The number of aromatic nitrogens is 1. The van der Waals surface area contributed by atoms with E-state index in [1.165, 1.54) is 16.7 Å². The predicted octanol–water partition coefficient (Wildman–Crippen LogP) is 3.84. The topological polar surface area (TPSA) is 34.4 Å². The molecule has 0 N–H and O–H groups in total. The van der Waals surface area contributed by atoms with Crippen LogP contribution >= 0.6 is 11.3 Å². The molecule has 0 spiro atoms. The number of carbonyl (C=O) groups excluding carboxylic acids is 1. The van der Waals surface area contributed by atoms with Gasteiger partial charge in [-0.2, -0.15) is 4.99 Å². The van der Waals surface area contributed by atoms with E-state index in [-0.39, 0.29) is 5.91 Å². The molecule has 1 aromatic heterocycles. The summed E-state index contributed by atoms with van der Waals surface area (Å²) in [7, 11) is 1.97. The third-order valence-corrected chi connectivity index (χ3v) is 5.27. The molecule has 23 heavy (non-hydrogen) atoms. The van der Waals surface area contributed by atoms with Crippen molar-refractivity contribution in [3.8, 4) is 0 Å². The summed E-state index contributed by atoms with van der Waals surface area (Å²) in [5.41, 5.74) is 5.81. The second-order valence-corrected chi connectivity index (χ2v) is 6.98. The van der Waals surface area contributed by atoms with Gasteiger partial charge in [-0.3, -0.25) is 4.79 Å². The highest BCUT2D eigenvalue weighted by Crippen LogP contribution is 2.19. The zero-order valence-electron chi connectivity index (χ0n) is 13.9. The van der Waals surface area contributed by atoms with Crippen LogP contribution in [-0.4, -0.2) is 10.5 Å². The van der Waals surface area contributed by atoms with E-state index in [2.05, 4.69) is 50.0 Å². The average Bonchev–Trinajstić information content (AvgIpc) is 2.80. The number of fused-ring (bicyclic) bond motifs is 1. The second-order valence-electron chi connectivity index (χ2n) is 5.97. The second kappa shape index (κ2) is 6.13. The lowest BCUT2D eigenvalue weighted by Crippen LogP contribution is -2.14. The first-order valence-electron chi connectivity index (χ1n) is 7.64. The van der Waals surface area contributed by atoms with Gasteiger partial charge in [-0.15, -0.1) is 0 Å². The van der Waals surface area contributed by atoms with Crippen LogP contribution in [-0.2, 0) is 18.3 Å². The summed E-state index contributed by atoms with van der Waals surface area (Å²) in [6.45, 7) is 6.22. The number of aryl methyl sites for hydroxylation is 4. The van der Waals surface area contributed by atoms with Crippen LogP contribution < -0.4 is 4.80 Å². The number of thiazole rings is 1. The smallest absolute Gasteiger partial charge is 0.252 e. The first-order valence-corrected chi connectivity index (χ1v) is 8.46. The van der Waals surface area contributed by atoms with Gasteiger partial charge < -0.3 is 4.57 Å². The molecule has 0 saturated heterocycles. The molecule has 4 heteroatoms. The summed E-state index contributed by atoms with van der Waals surface area (Å²) in [4.78, 5) is 17.4. The van der Waals surface area contributed by atoms with Crippen LogP contribution in [0.15, 0.2) is 41.4 Å². The highest BCUT2D eigenvalue weighted by Gasteiger charge is 2.08. The molecule has 2 aromatic carbocycles. The minimum absolute atomic E-state index is 0.104. The third kappa shape index (κ3) is 3.13. The van der Waals surface area contributed by atoms with Crippen molar-refractivity contribution in [1.82, 2.24) is 4.57 Å². The van der Waals surface area contributed by atoms with Crippen molar-refractivity contribution in [2.75, 3.05) is 0 Å². The van der Waals surface area contributed by atoms with Gasteiger partial charge in [0.25, 0.3) is 5.91 Å². The number of para-hydroxylation sites is 1. The van der Waals surface area contributed by atoms with Gasteiger partial charge in [-0.1, -0.05) is 41.7 Å². The summed E-state index contributed by atoms with van der Waals surface area (Å²) in [6, 6.07) is 12.3. The van der Waals surface area contributed by atoms with Crippen LogP contribution in [0.25, 0.3) is 10.2 Å². The van der Waals surface area contributed by atoms with Crippen molar-refractivity contribution in [2.45, 2.75) is 27.2 Å². The fraction of sp³-hybridized carbons (Fsp3) is 0.263. The third-order valence-electron chi connectivity index (χ3n) is 4.17. The Kier molecular flexibility index (Phi) is 4.18. The predicted molar refractivity (Wildman–Crippen MR) is 95.7 cm³/mol. The molecule has 118 valence electrons. The molecule has 1 heterocycles. The molecule has 0 unspecified atom stereocenters. The summed E-state index contributed by atoms with van der Waals surface area (Å²) in [6.07, 6.45) is 0.342. The molecule has 3 nitrogen and oxygen atoms in total. The Morgan fingerprint density at radius 3 is 2.57 bits per heavy atom. The minimum Gasteiger partial charge on any atom is -0.319 e. The SMILES string of the molecule is Cc1ccc(CC(=O)N=c2sc3cccc(C)c3n2C)cc1C. The molecule has 3 aromatic rings. The Balaban J connectivity index is 1.95. The molecule has 0 fully saturated rings. The van der Waals surface area contributed by atoms with Gasteiger partial charge in [0.05, 0.1) is 16.6 Å². The molecule has 0 aliphatic rings. The molecule has 0 aliphatic heterocycles. The van der Waals surface area contributed by atoms with E-state index in [1.807, 2.05) is 23.7 Å². The fourth-order valence-electron chi connectivity index (χ4n) is 2.74. The Morgan fingerprint density at radius 2 is 1.87 bits per heavy atom. The van der Waals surface area contributed by atoms with Gasteiger partial charge in [0, 0.05) is 7.05 Å². The van der Waals surface area contributed by atoms with Crippen LogP contribution in [0.1, 0.15) is 22.3 Å². The number of hydrogen-bond donors (Lipinski definition) is 0. The summed E-state index contributed by atoms with van der Waals surface area (Å²) >= 11 is 1.56. The largest absolute Gasteiger partial charge is 0.319 e. The lowest BCUT2D eigenvalue weighted by atomic mass is 10.0.